The van der Waals surface area contributed by atoms with E-state index in [0.717, 1.165) is 43.0 Å². The number of rotatable bonds is 5. The average molecular weight is 361 g/mol. The maximum absolute atomic E-state index is 13.0. The number of hydrogen-bond donors (Lipinski definition) is 1. The standard InChI is InChI=1S/C19H24FN3OS/c1-13(2)11-23-9-7-16(8-10-23)21-18(24)17-12-25-19(22-17)14-3-5-15(20)6-4-14/h3-6,12-13,16H,7-11H2,1-2H3,(H,21,24). The first-order chi connectivity index (χ1) is 12.0. The molecule has 1 aromatic carbocycles. The van der Waals surface area contributed by atoms with Gasteiger partial charge in [0.15, 0.2) is 0 Å². The van der Waals surface area contributed by atoms with Crippen molar-refractivity contribution in [1.82, 2.24) is 15.2 Å². The number of amides is 1. The Hall–Kier alpha value is -1.79. The van der Waals surface area contributed by atoms with Gasteiger partial charge < -0.3 is 10.2 Å². The molecule has 2 heterocycles. The van der Waals surface area contributed by atoms with Crippen molar-refractivity contribution in [2.75, 3.05) is 19.6 Å². The van der Waals surface area contributed by atoms with Gasteiger partial charge in [0.25, 0.3) is 5.91 Å². The molecule has 6 heteroatoms. The number of benzene rings is 1. The molecule has 1 fully saturated rings. The van der Waals surface area contributed by atoms with Crippen LogP contribution in [0.25, 0.3) is 10.6 Å². The molecule has 3 rings (SSSR count). The van der Waals surface area contributed by atoms with E-state index in [2.05, 4.69) is 29.0 Å². The first-order valence-electron chi connectivity index (χ1n) is 8.76. The molecule has 4 nitrogen and oxygen atoms in total. The lowest BCUT2D eigenvalue weighted by Gasteiger charge is -2.33. The summed E-state index contributed by atoms with van der Waals surface area (Å²) in [6.45, 7) is 7.64. The minimum Gasteiger partial charge on any atom is -0.348 e. The van der Waals surface area contributed by atoms with Gasteiger partial charge in [-0.15, -0.1) is 11.3 Å². The largest absolute Gasteiger partial charge is 0.348 e. The van der Waals surface area contributed by atoms with Crippen LogP contribution in [0, 0.1) is 11.7 Å². The fraction of sp³-hybridized carbons (Fsp3) is 0.474. The van der Waals surface area contributed by atoms with E-state index in [1.807, 2.05) is 0 Å². The monoisotopic (exact) mass is 361 g/mol. The second kappa shape index (κ2) is 8.06. The zero-order valence-electron chi connectivity index (χ0n) is 14.7. The van der Waals surface area contributed by atoms with Gasteiger partial charge in [0, 0.05) is 36.6 Å². The molecule has 1 amide bonds. The van der Waals surface area contributed by atoms with Crippen LogP contribution in [0.1, 0.15) is 37.2 Å². The Balaban J connectivity index is 1.55. The number of hydrogen-bond acceptors (Lipinski definition) is 4. The third-order valence-corrected chi connectivity index (χ3v) is 5.27. The van der Waals surface area contributed by atoms with E-state index in [1.165, 1.54) is 23.5 Å². The summed E-state index contributed by atoms with van der Waals surface area (Å²) in [5.74, 6) is 0.278. The Morgan fingerprint density at radius 3 is 2.64 bits per heavy atom. The second-order valence-electron chi connectivity index (χ2n) is 6.99. The van der Waals surface area contributed by atoms with Crippen LogP contribution in [0.4, 0.5) is 4.39 Å². The first-order valence-corrected chi connectivity index (χ1v) is 9.64. The molecule has 25 heavy (non-hydrogen) atoms. The zero-order valence-corrected chi connectivity index (χ0v) is 15.5. The minimum atomic E-state index is -0.276. The molecule has 0 atom stereocenters. The number of nitrogens with zero attached hydrogens (tertiary/aromatic N) is 2. The van der Waals surface area contributed by atoms with Gasteiger partial charge in [0.2, 0.25) is 0 Å². The Labute approximate surface area is 152 Å². The van der Waals surface area contributed by atoms with E-state index in [0.29, 0.717) is 11.6 Å². The normalized spacial score (nSPS) is 16.3. The van der Waals surface area contributed by atoms with E-state index >= 15 is 0 Å². The van der Waals surface area contributed by atoms with Crippen LogP contribution in [-0.4, -0.2) is 41.5 Å². The molecule has 1 saturated heterocycles. The molecule has 1 N–H and O–H groups in total. The van der Waals surface area contributed by atoms with E-state index in [4.69, 9.17) is 0 Å². The Morgan fingerprint density at radius 1 is 1.32 bits per heavy atom. The Bertz CT molecular complexity index is 706. The number of nitrogens with one attached hydrogen (secondary N) is 1. The van der Waals surface area contributed by atoms with Gasteiger partial charge in [0.1, 0.15) is 16.5 Å². The van der Waals surface area contributed by atoms with Crippen LogP contribution in [0.5, 0.6) is 0 Å². The fourth-order valence-corrected chi connectivity index (χ4v) is 3.94. The summed E-state index contributed by atoms with van der Waals surface area (Å²) in [5, 5.41) is 5.60. The van der Waals surface area contributed by atoms with Crippen LogP contribution in [0.15, 0.2) is 29.6 Å². The number of halogens is 1. The van der Waals surface area contributed by atoms with E-state index in [9.17, 15) is 9.18 Å². The molecule has 0 radical (unpaired) electrons. The van der Waals surface area contributed by atoms with Crippen LogP contribution in [-0.2, 0) is 0 Å². The van der Waals surface area contributed by atoms with Gasteiger partial charge in [-0.05, 0) is 43.0 Å². The summed E-state index contributed by atoms with van der Waals surface area (Å²) < 4.78 is 13.0. The lowest BCUT2D eigenvalue weighted by atomic mass is 10.0. The summed E-state index contributed by atoms with van der Waals surface area (Å²) >= 11 is 1.40. The lowest BCUT2D eigenvalue weighted by Crippen LogP contribution is -2.45. The molecule has 0 saturated carbocycles. The van der Waals surface area contributed by atoms with E-state index in [1.54, 1.807) is 17.5 Å². The molecule has 0 aliphatic carbocycles. The molecule has 1 aliphatic heterocycles. The Morgan fingerprint density at radius 2 is 2.00 bits per heavy atom. The predicted molar refractivity (Wildman–Crippen MR) is 99.3 cm³/mol. The maximum Gasteiger partial charge on any atom is 0.270 e. The molecular weight excluding hydrogens is 337 g/mol. The summed E-state index contributed by atoms with van der Waals surface area (Å²) in [6, 6.07) is 6.38. The third-order valence-electron chi connectivity index (χ3n) is 4.37. The molecule has 1 aliphatic rings. The fourth-order valence-electron chi connectivity index (χ4n) is 3.14. The number of carbonyl (C=O) groups excluding carboxylic acids is 1. The van der Waals surface area contributed by atoms with Crippen molar-refractivity contribution in [2.45, 2.75) is 32.7 Å². The molecule has 2 aromatic rings. The summed E-state index contributed by atoms with van der Waals surface area (Å²) in [7, 11) is 0. The number of piperidine rings is 1. The van der Waals surface area contributed by atoms with Gasteiger partial charge in [0.05, 0.1) is 0 Å². The quantitative estimate of drug-likeness (QED) is 0.881. The van der Waals surface area contributed by atoms with Crippen molar-refractivity contribution in [2.24, 2.45) is 5.92 Å². The summed E-state index contributed by atoms with van der Waals surface area (Å²) in [4.78, 5) is 19.3. The van der Waals surface area contributed by atoms with Gasteiger partial charge in [-0.25, -0.2) is 9.37 Å². The van der Waals surface area contributed by atoms with Gasteiger partial charge in [-0.2, -0.15) is 0 Å². The van der Waals surface area contributed by atoms with Gasteiger partial charge in [-0.1, -0.05) is 13.8 Å². The van der Waals surface area contributed by atoms with Crippen molar-refractivity contribution >= 4 is 17.2 Å². The van der Waals surface area contributed by atoms with E-state index < -0.39 is 0 Å². The van der Waals surface area contributed by atoms with Crippen molar-refractivity contribution in [1.29, 1.82) is 0 Å². The lowest BCUT2D eigenvalue weighted by molar-refractivity contribution is 0.0903. The van der Waals surface area contributed by atoms with Crippen molar-refractivity contribution < 1.29 is 9.18 Å². The summed E-state index contributed by atoms with van der Waals surface area (Å²) in [5.41, 5.74) is 1.27. The number of likely N-dealkylation sites (tertiary alicyclic amines) is 1. The first kappa shape index (κ1) is 18.0. The van der Waals surface area contributed by atoms with Crippen LogP contribution < -0.4 is 5.32 Å². The second-order valence-corrected chi connectivity index (χ2v) is 7.85. The summed E-state index contributed by atoms with van der Waals surface area (Å²) in [6.07, 6.45) is 1.96. The van der Waals surface area contributed by atoms with Gasteiger partial charge in [-0.3, -0.25) is 4.79 Å². The smallest absolute Gasteiger partial charge is 0.270 e. The Kier molecular flexibility index (Phi) is 5.81. The van der Waals surface area contributed by atoms with Crippen LogP contribution in [0.3, 0.4) is 0 Å². The highest BCUT2D eigenvalue weighted by Gasteiger charge is 2.22. The zero-order chi connectivity index (χ0) is 17.8. The minimum absolute atomic E-state index is 0.119. The molecular formula is C19H24FN3OS. The van der Waals surface area contributed by atoms with Crippen LogP contribution >= 0.6 is 11.3 Å². The average Bonchev–Trinajstić information content (AvgIpc) is 3.07. The topological polar surface area (TPSA) is 45.2 Å². The molecule has 1 aromatic heterocycles. The predicted octanol–water partition coefficient (Wildman–Crippen LogP) is 3.80. The molecule has 0 spiro atoms. The van der Waals surface area contributed by atoms with Crippen molar-refractivity contribution in [3.63, 3.8) is 0 Å². The highest BCUT2D eigenvalue weighted by atomic mass is 32.1. The van der Waals surface area contributed by atoms with E-state index in [-0.39, 0.29) is 17.8 Å². The SMILES string of the molecule is CC(C)CN1CCC(NC(=O)c2csc(-c3ccc(F)cc3)n2)CC1. The molecule has 134 valence electrons. The molecule has 0 unspecified atom stereocenters. The molecule has 0 bridgehead atoms. The van der Waals surface area contributed by atoms with Crippen molar-refractivity contribution in [3.05, 3.63) is 41.2 Å². The highest BCUT2D eigenvalue weighted by molar-refractivity contribution is 7.13. The third kappa shape index (κ3) is 4.86. The highest BCUT2D eigenvalue weighted by Crippen LogP contribution is 2.24. The van der Waals surface area contributed by atoms with Crippen molar-refractivity contribution in [3.8, 4) is 10.6 Å². The number of carbonyl (C=O) groups is 1. The number of aromatic nitrogens is 1. The maximum atomic E-state index is 13.0. The van der Waals surface area contributed by atoms with Crippen LogP contribution in [0.2, 0.25) is 0 Å². The number of thiazole rings is 1. The van der Waals surface area contributed by atoms with Gasteiger partial charge >= 0.3 is 0 Å².